The van der Waals surface area contributed by atoms with Crippen LogP contribution < -0.4 is 16.2 Å². The molecule has 1 heterocycles. The van der Waals surface area contributed by atoms with Gasteiger partial charge in [0.15, 0.2) is 0 Å². The highest BCUT2D eigenvalue weighted by Gasteiger charge is 2.11. The van der Waals surface area contributed by atoms with Crippen LogP contribution in [0.3, 0.4) is 0 Å². The van der Waals surface area contributed by atoms with Gasteiger partial charge in [0.2, 0.25) is 5.91 Å². The summed E-state index contributed by atoms with van der Waals surface area (Å²) in [6.45, 7) is 2.24. The predicted molar refractivity (Wildman–Crippen MR) is 86.2 cm³/mol. The molecule has 2 amide bonds. The number of hydrogen-bond acceptors (Lipinski definition) is 4. The predicted octanol–water partition coefficient (Wildman–Crippen LogP) is 1.02. The number of carbonyl (C=O) groups excluding carboxylic acids is 2. The second-order valence-corrected chi connectivity index (χ2v) is 4.88. The Morgan fingerprint density at radius 3 is 2.57 bits per heavy atom. The molecule has 0 saturated carbocycles. The van der Waals surface area contributed by atoms with Gasteiger partial charge in [0.1, 0.15) is 12.2 Å². The van der Waals surface area contributed by atoms with Crippen molar-refractivity contribution in [2.24, 2.45) is 0 Å². The minimum absolute atomic E-state index is 0.0664. The van der Waals surface area contributed by atoms with Crippen LogP contribution in [0.4, 0.5) is 5.69 Å². The Hall–Kier alpha value is -2.96. The van der Waals surface area contributed by atoms with Crippen LogP contribution in [0.1, 0.15) is 23.8 Å². The molecule has 1 aromatic carbocycles. The number of aromatic nitrogens is 2. The fourth-order valence-corrected chi connectivity index (χ4v) is 1.86. The Balaban J connectivity index is 2.11. The van der Waals surface area contributed by atoms with E-state index < -0.39 is 11.5 Å². The van der Waals surface area contributed by atoms with Gasteiger partial charge < -0.3 is 10.6 Å². The van der Waals surface area contributed by atoms with Gasteiger partial charge in [-0.3, -0.25) is 14.4 Å². The molecule has 0 unspecified atom stereocenters. The third-order valence-electron chi connectivity index (χ3n) is 3.00. The summed E-state index contributed by atoms with van der Waals surface area (Å²) >= 11 is 0. The van der Waals surface area contributed by atoms with Crippen molar-refractivity contribution in [2.75, 3.05) is 11.9 Å². The van der Waals surface area contributed by atoms with Crippen LogP contribution in [0, 0.1) is 0 Å². The van der Waals surface area contributed by atoms with Gasteiger partial charge in [0.05, 0.1) is 0 Å². The fraction of sp³-hybridized carbons (Fsp3) is 0.250. The topological polar surface area (TPSA) is 93.1 Å². The summed E-state index contributed by atoms with van der Waals surface area (Å²) in [6.07, 6.45) is 0.799. The average Bonchev–Trinajstić information content (AvgIpc) is 2.56. The van der Waals surface area contributed by atoms with Crippen molar-refractivity contribution >= 4 is 17.5 Å². The summed E-state index contributed by atoms with van der Waals surface area (Å²) in [5.74, 6) is -0.763. The Morgan fingerprint density at radius 1 is 1.13 bits per heavy atom. The number of hydrogen-bond donors (Lipinski definition) is 2. The van der Waals surface area contributed by atoms with Crippen molar-refractivity contribution in [1.82, 2.24) is 15.1 Å². The van der Waals surface area contributed by atoms with Crippen LogP contribution in [0.2, 0.25) is 0 Å². The molecule has 0 bridgehead atoms. The van der Waals surface area contributed by atoms with E-state index in [9.17, 15) is 14.4 Å². The van der Waals surface area contributed by atoms with Crippen LogP contribution in [-0.2, 0) is 11.3 Å². The number of rotatable bonds is 6. The SMILES string of the molecule is CCCNC(=O)Cn1nc(C(=O)Nc2ccccc2)ccc1=O. The Morgan fingerprint density at radius 2 is 1.87 bits per heavy atom. The lowest BCUT2D eigenvalue weighted by Gasteiger charge is -2.08. The molecule has 23 heavy (non-hydrogen) atoms. The summed E-state index contributed by atoms with van der Waals surface area (Å²) in [6, 6.07) is 11.5. The first-order chi connectivity index (χ1) is 11.1. The van der Waals surface area contributed by atoms with Crippen molar-refractivity contribution in [1.29, 1.82) is 0 Å². The maximum atomic E-state index is 12.1. The molecule has 120 valence electrons. The van der Waals surface area contributed by atoms with Gasteiger partial charge in [0, 0.05) is 18.3 Å². The van der Waals surface area contributed by atoms with E-state index in [1.54, 1.807) is 24.3 Å². The first kappa shape index (κ1) is 16.4. The zero-order valence-corrected chi connectivity index (χ0v) is 12.8. The summed E-state index contributed by atoms with van der Waals surface area (Å²) in [7, 11) is 0. The van der Waals surface area contributed by atoms with Gasteiger partial charge in [-0.2, -0.15) is 5.10 Å². The minimum atomic E-state index is -0.445. The number of nitrogens with one attached hydrogen (secondary N) is 2. The van der Waals surface area contributed by atoms with Crippen LogP contribution in [0.25, 0.3) is 0 Å². The molecule has 2 aromatic rings. The molecule has 7 nitrogen and oxygen atoms in total. The highest BCUT2D eigenvalue weighted by Crippen LogP contribution is 2.06. The van der Waals surface area contributed by atoms with E-state index in [4.69, 9.17) is 0 Å². The molecule has 0 aliphatic heterocycles. The van der Waals surface area contributed by atoms with E-state index in [0.29, 0.717) is 12.2 Å². The molecular weight excluding hydrogens is 296 g/mol. The molecule has 1 aromatic heterocycles. The van der Waals surface area contributed by atoms with Gasteiger partial charge in [-0.05, 0) is 24.6 Å². The molecule has 0 spiro atoms. The zero-order valence-electron chi connectivity index (χ0n) is 12.8. The van der Waals surface area contributed by atoms with Crippen molar-refractivity contribution in [3.8, 4) is 0 Å². The van der Waals surface area contributed by atoms with Crippen LogP contribution in [0.15, 0.2) is 47.3 Å². The number of nitrogens with zero attached hydrogens (tertiary/aromatic N) is 2. The third kappa shape index (κ3) is 4.77. The molecule has 0 aliphatic rings. The Bertz CT molecular complexity index is 740. The first-order valence-corrected chi connectivity index (χ1v) is 7.31. The van der Waals surface area contributed by atoms with Crippen LogP contribution >= 0.6 is 0 Å². The standard InChI is InChI=1S/C16H18N4O3/c1-2-10-17-14(21)11-20-15(22)9-8-13(19-20)16(23)18-12-6-4-3-5-7-12/h3-9H,2,10-11H2,1H3,(H,17,21)(H,18,23). The fourth-order valence-electron chi connectivity index (χ4n) is 1.86. The number of carbonyl (C=O) groups is 2. The van der Waals surface area contributed by atoms with Crippen molar-refractivity contribution in [3.05, 3.63) is 58.5 Å². The quantitative estimate of drug-likeness (QED) is 0.832. The lowest BCUT2D eigenvalue weighted by molar-refractivity contribution is -0.121. The van der Waals surface area contributed by atoms with E-state index >= 15 is 0 Å². The number of benzene rings is 1. The lowest BCUT2D eigenvalue weighted by atomic mass is 10.3. The second kappa shape index (κ2) is 7.88. The van der Waals surface area contributed by atoms with Gasteiger partial charge in [-0.1, -0.05) is 25.1 Å². The molecule has 2 N–H and O–H groups in total. The second-order valence-electron chi connectivity index (χ2n) is 4.88. The van der Waals surface area contributed by atoms with Crippen molar-refractivity contribution < 1.29 is 9.59 Å². The molecular formula is C16H18N4O3. The molecule has 0 atom stereocenters. The minimum Gasteiger partial charge on any atom is -0.355 e. The molecule has 0 radical (unpaired) electrons. The summed E-state index contributed by atoms with van der Waals surface area (Å²) in [4.78, 5) is 35.6. The summed E-state index contributed by atoms with van der Waals surface area (Å²) < 4.78 is 0.977. The zero-order chi connectivity index (χ0) is 16.7. The smallest absolute Gasteiger partial charge is 0.276 e. The lowest BCUT2D eigenvalue weighted by Crippen LogP contribution is -2.34. The maximum absolute atomic E-state index is 12.1. The van der Waals surface area contributed by atoms with E-state index in [1.165, 1.54) is 12.1 Å². The molecule has 0 saturated heterocycles. The maximum Gasteiger partial charge on any atom is 0.276 e. The number of para-hydroxylation sites is 1. The normalized spacial score (nSPS) is 10.1. The van der Waals surface area contributed by atoms with Gasteiger partial charge >= 0.3 is 0 Å². The molecule has 0 aliphatic carbocycles. The summed E-state index contributed by atoms with van der Waals surface area (Å²) in [5.41, 5.74) is 0.252. The van der Waals surface area contributed by atoms with Crippen molar-refractivity contribution in [2.45, 2.75) is 19.9 Å². The Kier molecular flexibility index (Phi) is 5.62. The number of anilines is 1. The monoisotopic (exact) mass is 314 g/mol. The van der Waals surface area contributed by atoms with Gasteiger partial charge in [-0.15, -0.1) is 0 Å². The third-order valence-corrected chi connectivity index (χ3v) is 3.00. The largest absolute Gasteiger partial charge is 0.355 e. The number of amides is 2. The van der Waals surface area contributed by atoms with E-state index in [1.807, 2.05) is 13.0 Å². The van der Waals surface area contributed by atoms with Crippen LogP contribution in [0.5, 0.6) is 0 Å². The van der Waals surface area contributed by atoms with E-state index in [0.717, 1.165) is 11.1 Å². The van der Waals surface area contributed by atoms with E-state index in [2.05, 4.69) is 15.7 Å². The highest BCUT2D eigenvalue weighted by atomic mass is 16.2. The summed E-state index contributed by atoms with van der Waals surface area (Å²) in [5, 5.41) is 9.28. The Labute approximate surface area is 133 Å². The van der Waals surface area contributed by atoms with E-state index in [-0.39, 0.29) is 18.1 Å². The molecule has 7 heteroatoms. The highest BCUT2D eigenvalue weighted by molar-refractivity contribution is 6.02. The van der Waals surface area contributed by atoms with Gasteiger partial charge in [-0.25, -0.2) is 4.68 Å². The van der Waals surface area contributed by atoms with Crippen molar-refractivity contribution in [3.63, 3.8) is 0 Å². The van der Waals surface area contributed by atoms with Crippen LogP contribution in [-0.4, -0.2) is 28.1 Å². The molecule has 2 rings (SSSR count). The molecule has 0 fully saturated rings. The first-order valence-electron chi connectivity index (χ1n) is 7.31. The van der Waals surface area contributed by atoms with Gasteiger partial charge in [0.25, 0.3) is 11.5 Å². The average molecular weight is 314 g/mol.